The van der Waals surface area contributed by atoms with Gasteiger partial charge in [0.25, 0.3) is 0 Å². The third kappa shape index (κ3) is 2.52. The van der Waals surface area contributed by atoms with Crippen molar-refractivity contribution in [2.75, 3.05) is 13.2 Å². The van der Waals surface area contributed by atoms with Crippen molar-refractivity contribution in [2.45, 2.75) is 38.5 Å². The first-order chi connectivity index (χ1) is 9.14. The molecule has 0 bridgehead atoms. The smallest absolute Gasteiger partial charge is 0.307 e. The van der Waals surface area contributed by atoms with E-state index in [-0.39, 0.29) is 11.3 Å². The van der Waals surface area contributed by atoms with E-state index in [0.717, 1.165) is 18.4 Å². The molecule has 0 aliphatic carbocycles. The highest BCUT2D eigenvalue weighted by molar-refractivity contribution is 5.73. The van der Waals surface area contributed by atoms with Crippen LogP contribution >= 0.6 is 0 Å². The highest BCUT2D eigenvalue weighted by Crippen LogP contribution is 2.41. The molecule has 1 aliphatic heterocycles. The summed E-state index contributed by atoms with van der Waals surface area (Å²) in [6.45, 7) is 5.13. The number of carboxylic acids is 1. The van der Waals surface area contributed by atoms with Gasteiger partial charge in [-0.2, -0.15) is 0 Å². The molecule has 1 saturated heterocycles. The average molecular weight is 262 g/mol. The third-order valence-corrected chi connectivity index (χ3v) is 4.16. The van der Waals surface area contributed by atoms with Gasteiger partial charge in [0.2, 0.25) is 0 Å². The maximum absolute atomic E-state index is 11.5. The molecule has 1 fully saturated rings. The molecule has 1 heterocycles. The van der Waals surface area contributed by atoms with Crippen LogP contribution in [0.5, 0.6) is 0 Å². The van der Waals surface area contributed by atoms with E-state index in [1.807, 2.05) is 6.92 Å². The van der Waals surface area contributed by atoms with Crippen LogP contribution in [-0.2, 0) is 21.4 Å². The van der Waals surface area contributed by atoms with Crippen molar-refractivity contribution in [2.24, 2.45) is 5.92 Å². The van der Waals surface area contributed by atoms with Crippen molar-refractivity contribution in [3.63, 3.8) is 0 Å². The molecule has 19 heavy (non-hydrogen) atoms. The Morgan fingerprint density at radius 3 is 2.32 bits per heavy atom. The largest absolute Gasteiger partial charge is 0.481 e. The van der Waals surface area contributed by atoms with Crippen molar-refractivity contribution in [3.8, 4) is 0 Å². The van der Waals surface area contributed by atoms with E-state index >= 15 is 0 Å². The number of carbonyl (C=O) groups is 1. The SMILES string of the molecule is CCCc1ccc(C2(C(CC)C(=O)O)COC2)cc1. The first-order valence-corrected chi connectivity index (χ1v) is 7.04. The molecule has 1 aliphatic rings. The molecule has 0 spiro atoms. The Kier molecular flexibility index (Phi) is 4.25. The lowest BCUT2D eigenvalue weighted by Crippen LogP contribution is -2.54. The minimum Gasteiger partial charge on any atom is -0.481 e. The standard InChI is InChI=1S/C16H22O3/c1-3-5-12-6-8-13(9-7-12)16(10-19-11-16)14(4-2)15(17)18/h6-9,14H,3-5,10-11H2,1-2H3,(H,17,18). The van der Waals surface area contributed by atoms with E-state index in [2.05, 4.69) is 31.2 Å². The summed E-state index contributed by atoms with van der Waals surface area (Å²) in [7, 11) is 0. The molecule has 1 aromatic carbocycles. The van der Waals surface area contributed by atoms with Crippen LogP contribution in [0, 0.1) is 5.92 Å². The van der Waals surface area contributed by atoms with Gasteiger partial charge in [0.15, 0.2) is 0 Å². The fraction of sp³-hybridized carbons (Fsp3) is 0.562. The van der Waals surface area contributed by atoms with Gasteiger partial charge in [-0.3, -0.25) is 4.79 Å². The van der Waals surface area contributed by atoms with Crippen molar-refractivity contribution < 1.29 is 14.6 Å². The number of aryl methyl sites for hydroxylation is 1. The molecule has 1 unspecified atom stereocenters. The Morgan fingerprint density at radius 1 is 1.32 bits per heavy atom. The average Bonchev–Trinajstić information content (AvgIpc) is 2.34. The number of benzene rings is 1. The number of ether oxygens (including phenoxy) is 1. The van der Waals surface area contributed by atoms with Crippen LogP contribution in [0.2, 0.25) is 0 Å². The van der Waals surface area contributed by atoms with Gasteiger partial charge >= 0.3 is 5.97 Å². The zero-order chi connectivity index (χ0) is 13.9. The van der Waals surface area contributed by atoms with Gasteiger partial charge in [0.1, 0.15) is 0 Å². The molecule has 0 radical (unpaired) electrons. The minimum absolute atomic E-state index is 0.328. The normalized spacial score (nSPS) is 18.6. The van der Waals surface area contributed by atoms with Gasteiger partial charge < -0.3 is 9.84 Å². The van der Waals surface area contributed by atoms with Crippen LogP contribution < -0.4 is 0 Å². The van der Waals surface area contributed by atoms with Gasteiger partial charge in [0, 0.05) is 0 Å². The molecular formula is C16H22O3. The lowest BCUT2D eigenvalue weighted by molar-refractivity contribution is -0.157. The third-order valence-electron chi connectivity index (χ3n) is 4.16. The van der Waals surface area contributed by atoms with Gasteiger partial charge in [-0.15, -0.1) is 0 Å². The maximum atomic E-state index is 11.5. The summed E-state index contributed by atoms with van der Waals surface area (Å²) in [5, 5.41) is 9.42. The van der Waals surface area contributed by atoms with Crippen molar-refractivity contribution in [1.82, 2.24) is 0 Å². The Balaban J connectivity index is 2.28. The molecule has 0 amide bonds. The fourth-order valence-corrected chi connectivity index (χ4v) is 2.98. The lowest BCUT2D eigenvalue weighted by atomic mass is 9.67. The first kappa shape index (κ1) is 14.1. The Bertz CT molecular complexity index is 432. The number of hydrogen-bond acceptors (Lipinski definition) is 2. The molecule has 0 aromatic heterocycles. The predicted molar refractivity (Wildman–Crippen MR) is 74.4 cm³/mol. The van der Waals surface area contributed by atoms with Crippen molar-refractivity contribution in [3.05, 3.63) is 35.4 Å². The quantitative estimate of drug-likeness (QED) is 0.857. The second kappa shape index (κ2) is 5.74. The van der Waals surface area contributed by atoms with Gasteiger partial charge in [-0.1, -0.05) is 44.5 Å². The highest BCUT2D eigenvalue weighted by Gasteiger charge is 2.49. The highest BCUT2D eigenvalue weighted by atomic mass is 16.5. The van der Waals surface area contributed by atoms with Crippen LogP contribution in [0.25, 0.3) is 0 Å². The number of hydrogen-bond donors (Lipinski definition) is 1. The van der Waals surface area contributed by atoms with E-state index in [1.54, 1.807) is 0 Å². The number of carboxylic acid groups (broad SMARTS) is 1. The van der Waals surface area contributed by atoms with Gasteiger partial charge in [-0.25, -0.2) is 0 Å². The first-order valence-electron chi connectivity index (χ1n) is 7.04. The molecule has 0 saturated carbocycles. The number of rotatable bonds is 6. The topological polar surface area (TPSA) is 46.5 Å². The van der Waals surface area contributed by atoms with Crippen LogP contribution in [0.3, 0.4) is 0 Å². The zero-order valence-corrected chi connectivity index (χ0v) is 11.7. The number of aliphatic carboxylic acids is 1. The van der Waals surface area contributed by atoms with Crippen LogP contribution in [0.4, 0.5) is 0 Å². The van der Waals surface area contributed by atoms with E-state index in [1.165, 1.54) is 5.56 Å². The minimum atomic E-state index is -0.719. The van der Waals surface area contributed by atoms with Crippen LogP contribution in [-0.4, -0.2) is 24.3 Å². The summed E-state index contributed by atoms with van der Waals surface area (Å²) in [4.78, 5) is 11.5. The summed E-state index contributed by atoms with van der Waals surface area (Å²) in [5.41, 5.74) is 2.09. The molecule has 3 nitrogen and oxygen atoms in total. The summed E-state index contributed by atoms with van der Waals surface area (Å²) in [6, 6.07) is 8.40. The molecule has 104 valence electrons. The molecule has 1 N–H and O–H groups in total. The Morgan fingerprint density at radius 2 is 1.95 bits per heavy atom. The summed E-state index contributed by atoms with van der Waals surface area (Å²) < 4.78 is 5.34. The summed E-state index contributed by atoms with van der Waals surface area (Å²) in [6.07, 6.45) is 2.83. The van der Waals surface area contributed by atoms with Crippen LogP contribution in [0.1, 0.15) is 37.8 Å². The molecule has 1 aromatic rings. The van der Waals surface area contributed by atoms with E-state index < -0.39 is 5.97 Å². The van der Waals surface area contributed by atoms with E-state index in [0.29, 0.717) is 19.6 Å². The Hall–Kier alpha value is -1.35. The van der Waals surface area contributed by atoms with Crippen molar-refractivity contribution in [1.29, 1.82) is 0 Å². The molecular weight excluding hydrogens is 240 g/mol. The second-order valence-corrected chi connectivity index (χ2v) is 5.39. The van der Waals surface area contributed by atoms with E-state index in [9.17, 15) is 9.90 Å². The maximum Gasteiger partial charge on any atom is 0.307 e. The van der Waals surface area contributed by atoms with Gasteiger partial charge in [0.05, 0.1) is 24.5 Å². The van der Waals surface area contributed by atoms with Gasteiger partial charge in [-0.05, 0) is 24.0 Å². The molecule has 2 rings (SSSR count). The summed E-state index contributed by atoms with van der Waals surface area (Å²) in [5.74, 6) is -1.08. The Labute approximate surface area is 114 Å². The lowest BCUT2D eigenvalue weighted by Gasteiger charge is -2.45. The fourth-order valence-electron chi connectivity index (χ4n) is 2.98. The molecule has 1 atom stereocenters. The van der Waals surface area contributed by atoms with Crippen LogP contribution in [0.15, 0.2) is 24.3 Å². The van der Waals surface area contributed by atoms with Crippen molar-refractivity contribution >= 4 is 5.97 Å². The second-order valence-electron chi connectivity index (χ2n) is 5.39. The summed E-state index contributed by atoms with van der Waals surface area (Å²) >= 11 is 0. The van der Waals surface area contributed by atoms with E-state index in [4.69, 9.17) is 4.74 Å². The molecule has 3 heteroatoms. The monoisotopic (exact) mass is 262 g/mol. The zero-order valence-electron chi connectivity index (χ0n) is 11.7. The predicted octanol–water partition coefficient (Wildman–Crippen LogP) is 3.02.